The highest BCUT2D eigenvalue weighted by atomic mass is 32.2. The van der Waals surface area contributed by atoms with E-state index in [1.54, 1.807) is 12.1 Å². The lowest BCUT2D eigenvalue weighted by Gasteiger charge is -2.13. The quantitative estimate of drug-likeness (QED) is 0.613. The van der Waals surface area contributed by atoms with E-state index >= 15 is 0 Å². The number of hydrogen-bond acceptors (Lipinski definition) is 6. The second kappa shape index (κ2) is 8.77. The van der Waals surface area contributed by atoms with Crippen LogP contribution in [0.15, 0.2) is 41.6 Å². The summed E-state index contributed by atoms with van der Waals surface area (Å²) in [5.41, 5.74) is 0.689. The number of hydrogen-bond donors (Lipinski definition) is 3. The van der Waals surface area contributed by atoms with Gasteiger partial charge in [0, 0.05) is 18.3 Å². The van der Waals surface area contributed by atoms with E-state index in [1.807, 2.05) is 0 Å². The molecular weight excluding hydrogens is 374 g/mol. The molecule has 1 aromatic heterocycles. The van der Waals surface area contributed by atoms with Crippen molar-refractivity contribution in [1.29, 1.82) is 0 Å². The highest BCUT2D eigenvalue weighted by Gasteiger charge is 2.15. The van der Waals surface area contributed by atoms with Crippen LogP contribution in [-0.4, -0.2) is 37.2 Å². The van der Waals surface area contributed by atoms with Crippen LogP contribution in [0.2, 0.25) is 0 Å². The van der Waals surface area contributed by atoms with E-state index in [2.05, 4.69) is 39.2 Å². The Bertz CT molecular complexity index is 854. The largest absolute Gasteiger partial charge is 0.481 e. The van der Waals surface area contributed by atoms with Crippen LogP contribution in [0, 0.1) is 5.92 Å². The molecule has 1 heterocycles. The summed E-state index contributed by atoms with van der Waals surface area (Å²) in [6, 6.07) is 7.63. The fourth-order valence-corrected chi connectivity index (χ4v) is 3.09. The monoisotopic (exact) mass is 395 g/mol. The molecule has 0 aliphatic rings. The summed E-state index contributed by atoms with van der Waals surface area (Å²) in [6.45, 7) is 4.91. The van der Waals surface area contributed by atoms with Crippen LogP contribution in [-0.2, 0) is 10.0 Å². The lowest BCUT2D eigenvalue weighted by Crippen LogP contribution is -2.31. The molecule has 0 amide bonds. The predicted octanol–water partition coefficient (Wildman–Crippen LogP) is 2.23. The minimum absolute atomic E-state index is 0.0988. The van der Waals surface area contributed by atoms with E-state index in [0.717, 1.165) is 6.54 Å². The molecule has 26 heavy (non-hydrogen) atoms. The van der Waals surface area contributed by atoms with Gasteiger partial charge in [0.1, 0.15) is 12.1 Å². The maximum atomic E-state index is 12.4. The fourth-order valence-electron chi connectivity index (χ4n) is 1.89. The molecule has 0 bridgehead atoms. The first-order valence-corrected chi connectivity index (χ1v) is 9.73. The summed E-state index contributed by atoms with van der Waals surface area (Å²) < 4.78 is 32.2. The van der Waals surface area contributed by atoms with Crippen LogP contribution in [0.3, 0.4) is 0 Å². The fraction of sp³-hybridized carbons (Fsp3) is 0.312. The van der Waals surface area contributed by atoms with Gasteiger partial charge in [-0.1, -0.05) is 13.8 Å². The number of methoxy groups -OCH3 is 1. The van der Waals surface area contributed by atoms with Crippen molar-refractivity contribution in [2.45, 2.75) is 18.7 Å². The second-order valence-electron chi connectivity index (χ2n) is 5.80. The zero-order chi connectivity index (χ0) is 19.2. The molecule has 0 aliphatic carbocycles. The van der Waals surface area contributed by atoms with Crippen molar-refractivity contribution in [3.8, 4) is 5.88 Å². The number of sulfonamides is 1. The van der Waals surface area contributed by atoms with Crippen molar-refractivity contribution in [2.75, 3.05) is 23.7 Å². The molecule has 0 fully saturated rings. The van der Waals surface area contributed by atoms with Gasteiger partial charge in [-0.05, 0) is 42.4 Å². The highest BCUT2D eigenvalue weighted by molar-refractivity contribution is 7.92. The van der Waals surface area contributed by atoms with Crippen LogP contribution >= 0.6 is 12.2 Å². The van der Waals surface area contributed by atoms with Crippen molar-refractivity contribution in [1.82, 2.24) is 15.3 Å². The summed E-state index contributed by atoms with van der Waals surface area (Å²) in [4.78, 5) is 7.80. The Morgan fingerprint density at radius 2 is 1.92 bits per heavy atom. The van der Waals surface area contributed by atoms with Crippen molar-refractivity contribution < 1.29 is 13.2 Å². The number of benzene rings is 1. The molecule has 8 nitrogen and oxygen atoms in total. The van der Waals surface area contributed by atoms with Crippen LogP contribution in [0.25, 0.3) is 0 Å². The van der Waals surface area contributed by atoms with Crippen molar-refractivity contribution >= 4 is 38.9 Å². The average molecular weight is 396 g/mol. The van der Waals surface area contributed by atoms with Gasteiger partial charge in [0.05, 0.1) is 12.0 Å². The number of anilines is 2. The molecule has 10 heteroatoms. The smallest absolute Gasteiger partial charge is 0.263 e. The first-order chi connectivity index (χ1) is 12.3. The molecule has 3 N–H and O–H groups in total. The number of thiocarbonyl (C=S) groups is 1. The summed E-state index contributed by atoms with van der Waals surface area (Å²) in [5, 5.41) is 6.58. The minimum atomic E-state index is -3.78. The zero-order valence-corrected chi connectivity index (χ0v) is 16.3. The van der Waals surface area contributed by atoms with E-state index in [1.165, 1.54) is 31.6 Å². The molecule has 0 unspecified atom stereocenters. The number of ether oxygens (including phenoxy) is 1. The van der Waals surface area contributed by atoms with Gasteiger partial charge in [0.25, 0.3) is 10.0 Å². The van der Waals surface area contributed by atoms with E-state index in [-0.39, 0.29) is 16.6 Å². The highest BCUT2D eigenvalue weighted by Crippen LogP contribution is 2.18. The minimum Gasteiger partial charge on any atom is -0.481 e. The van der Waals surface area contributed by atoms with Gasteiger partial charge >= 0.3 is 0 Å². The van der Waals surface area contributed by atoms with E-state index in [9.17, 15) is 8.42 Å². The average Bonchev–Trinajstić information content (AvgIpc) is 2.60. The third-order valence-corrected chi connectivity index (χ3v) is 4.80. The lowest BCUT2D eigenvalue weighted by atomic mass is 10.2. The number of nitrogens with zero attached hydrogens (tertiary/aromatic N) is 2. The molecule has 1 aromatic carbocycles. The van der Waals surface area contributed by atoms with Crippen LogP contribution in [0.5, 0.6) is 5.88 Å². The first kappa shape index (κ1) is 19.9. The van der Waals surface area contributed by atoms with Crippen molar-refractivity contribution in [3.05, 3.63) is 36.7 Å². The van der Waals surface area contributed by atoms with Crippen LogP contribution in [0.1, 0.15) is 13.8 Å². The first-order valence-electron chi connectivity index (χ1n) is 7.84. The Labute approximate surface area is 158 Å². The molecule has 0 saturated carbocycles. The van der Waals surface area contributed by atoms with Gasteiger partial charge in [-0.15, -0.1) is 0 Å². The van der Waals surface area contributed by atoms with Gasteiger partial charge in [-0.3, -0.25) is 4.72 Å². The van der Waals surface area contributed by atoms with Gasteiger partial charge in [0.15, 0.2) is 5.11 Å². The number of aromatic nitrogens is 2. The summed E-state index contributed by atoms with van der Waals surface area (Å²) in [6.07, 6.45) is 1.22. The van der Waals surface area contributed by atoms with E-state index in [4.69, 9.17) is 17.0 Å². The second-order valence-corrected chi connectivity index (χ2v) is 7.90. The molecule has 2 rings (SSSR count). The maximum Gasteiger partial charge on any atom is 0.263 e. The molecule has 0 saturated heterocycles. The predicted molar refractivity (Wildman–Crippen MR) is 105 cm³/mol. The molecule has 140 valence electrons. The van der Waals surface area contributed by atoms with E-state index in [0.29, 0.717) is 16.7 Å². The van der Waals surface area contributed by atoms with Gasteiger partial charge < -0.3 is 15.4 Å². The zero-order valence-electron chi connectivity index (χ0n) is 14.7. The van der Waals surface area contributed by atoms with Crippen molar-refractivity contribution in [3.63, 3.8) is 0 Å². The summed E-state index contributed by atoms with van der Waals surface area (Å²) >= 11 is 5.19. The number of nitrogens with one attached hydrogen (secondary N) is 3. The standard InChI is InChI=1S/C16H21N5O3S2/c1-11(2)9-17-16(25)20-12-4-6-13(7-5-12)26(22,23)21-14-8-15(24-3)19-10-18-14/h4-8,10-11H,9H2,1-3H3,(H2,17,20,25)(H,18,19,21). The molecular formula is C16H21N5O3S2. The third kappa shape index (κ3) is 5.81. The van der Waals surface area contributed by atoms with Gasteiger partial charge in [0.2, 0.25) is 5.88 Å². The van der Waals surface area contributed by atoms with Crippen LogP contribution in [0.4, 0.5) is 11.5 Å². The Morgan fingerprint density at radius 3 is 2.54 bits per heavy atom. The Morgan fingerprint density at radius 1 is 1.23 bits per heavy atom. The molecule has 2 aromatic rings. The Hall–Kier alpha value is -2.46. The van der Waals surface area contributed by atoms with Gasteiger partial charge in [-0.25, -0.2) is 18.4 Å². The topological polar surface area (TPSA) is 105 Å². The molecule has 0 spiro atoms. The number of rotatable bonds is 7. The molecule has 0 radical (unpaired) electrons. The normalized spacial score (nSPS) is 11.1. The lowest BCUT2D eigenvalue weighted by molar-refractivity contribution is 0.397. The Kier molecular flexibility index (Phi) is 6.70. The maximum absolute atomic E-state index is 12.4. The van der Waals surface area contributed by atoms with Gasteiger partial charge in [-0.2, -0.15) is 0 Å². The van der Waals surface area contributed by atoms with E-state index < -0.39 is 10.0 Å². The van der Waals surface area contributed by atoms with Crippen molar-refractivity contribution in [2.24, 2.45) is 5.92 Å². The Balaban J connectivity index is 2.05. The molecule has 0 aliphatic heterocycles. The summed E-state index contributed by atoms with van der Waals surface area (Å²) in [5.74, 6) is 0.853. The van der Waals surface area contributed by atoms with Crippen LogP contribution < -0.4 is 20.1 Å². The SMILES string of the molecule is COc1cc(NS(=O)(=O)c2ccc(NC(=S)NCC(C)C)cc2)ncn1. The molecule has 0 atom stereocenters. The summed E-state index contributed by atoms with van der Waals surface area (Å²) in [7, 11) is -2.34. The third-order valence-electron chi connectivity index (χ3n) is 3.18.